The highest BCUT2D eigenvalue weighted by Crippen LogP contribution is 2.28. The Hall–Kier alpha value is -1.43. The Kier molecular flexibility index (Phi) is 4.99. The van der Waals surface area contributed by atoms with Crippen LogP contribution in [0.5, 0.6) is 0 Å². The lowest BCUT2D eigenvalue weighted by Crippen LogP contribution is -2.47. The first-order chi connectivity index (χ1) is 11.0. The number of likely N-dealkylation sites (tertiary alicyclic amines) is 2. The second-order valence-corrected chi connectivity index (χ2v) is 7.20. The molecule has 2 fully saturated rings. The molecule has 128 valence electrons. The van der Waals surface area contributed by atoms with Crippen LogP contribution in [0.4, 0.5) is 0 Å². The molecule has 1 aromatic heterocycles. The van der Waals surface area contributed by atoms with Gasteiger partial charge in [0.1, 0.15) is 0 Å². The first kappa shape index (κ1) is 16.4. The number of amides is 1. The average molecular weight is 320 g/mol. The van der Waals surface area contributed by atoms with Crippen molar-refractivity contribution in [1.82, 2.24) is 19.9 Å². The van der Waals surface area contributed by atoms with Crippen molar-refractivity contribution >= 4 is 5.91 Å². The van der Waals surface area contributed by atoms with Gasteiger partial charge in [0.2, 0.25) is 11.8 Å². The van der Waals surface area contributed by atoms with Gasteiger partial charge in [-0.15, -0.1) is 0 Å². The maximum atomic E-state index is 12.8. The fourth-order valence-electron chi connectivity index (χ4n) is 3.69. The van der Waals surface area contributed by atoms with Gasteiger partial charge in [-0.1, -0.05) is 12.1 Å². The lowest BCUT2D eigenvalue weighted by Gasteiger charge is -2.38. The van der Waals surface area contributed by atoms with Crippen LogP contribution in [0.1, 0.15) is 57.3 Å². The Bertz CT molecular complexity index is 536. The molecule has 0 unspecified atom stereocenters. The third-order valence-corrected chi connectivity index (χ3v) is 5.35. The van der Waals surface area contributed by atoms with Crippen molar-refractivity contribution in [2.75, 3.05) is 26.2 Å². The van der Waals surface area contributed by atoms with E-state index >= 15 is 0 Å². The number of hydrogen-bond acceptors (Lipinski definition) is 5. The van der Waals surface area contributed by atoms with Crippen LogP contribution in [0.2, 0.25) is 0 Å². The highest BCUT2D eigenvalue weighted by Gasteiger charge is 2.33. The largest absolute Gasteiger partial charge is 0.342 e. The van der Waals surface area contributed by atoms with Crippen molar-refractivity contribution in [2.45, 2.75) is 52.5 Å². The van der Waals surface area contributed by atoms with Crippen molar-refractivity contribution in [3.63, 3.8) is 0 Å². The molecule has 0 radical (unpaired) electrons. The molecule has 0 bridgehead atoms. The SMILES string of the molecule is Cc1noc([C@H](C)N2CCC[C@H](C(=O)N3CCC(C)CC3)C2)n1. The number of carbonyl (C=O) groups excluding carboxylic acids is 1. The number of aryl methyl sites for hydroxylation is 1. The smallest absolute Gasteiger partial charge is 0.243 e. The summed E-state index contributed by atoms with van der Waals surface area (Å²) in [6.07, 6.45) is 4.33. The van der Waals surface area contributed by atoms with Gasteiger partial charge in [0.05, 0.1) is 12.0 Å². The predicted molar refractivity (Wildman–Crippen MR) is 86.7 cm³/mol. The number of carbonyl (C=O) groups is 1. The molecule has 0 aliphatic carbocycles. The molecule has 2 aliphatic rings. The minimum atomic E-state index is 0.0770. The third kappa shape index (κ3) is 3.74. The Morgan fingerprint density at radius 2 is 2.00 bits per heavy atom. The summed E-state index contributed by atoms with van der Waals surface area (Å²) in [4.78, 5) is 21.5. The van der Waals surface area contributed by atoms with Gasteiger partial charge in [0, 0.05) is 19.6 Å². The molecule has 6 heteroatoms. The van der Waals surface area contributed by atoms with Crippen LogP contribution in [0.3, 0.4) is 0 Å². The zero-order valence-corrected chi connectivity index (χ0v) is 14.5. The first-order valence-electron chi connectivity index (χ1n) is 8.87. The van der Waals surface area contributed by atoms with Crippen LogP contribution < -0.4 is 0 Å². The van der Waals surface area contributed by atoms with E-state index in [1.54, 1.807) is 0 Å². The Morgan fingerprint density at radius 1 is 1.26 bits per heavy atom. The Balaban J connectivity index is 1.60. The van der Waals surface area contributed by atoms with E-state index < -0.39 is 0 Å². The molecule has 2 atom stereocenters. The van der Waals surface area contributed by atoms with E-state index in [1.165, 1.54) is 0 Å². The van der Waals surface area contributed by atoms with Gasteiger partial charge in [-0.3, -0.25) is 9.69 Å². The first-order valence-corrected chi connectivity index (χ1v) is 8.87. The number of piperidine rings is 2. The van der Waals surface area contributed by atoms with Crippen molar-refractivity contribution in [1.29, 1.82) is 0 Å². The third-order valence-electron chi connectivity index (χ3n) is 5.35. The summed E-state index contributed by atoms with van der Waals surface area (Å²) in [7, 11) is 0. The molecule has 1 aromatic rings. The van der Waals surface area contributed by atoms with Crippen molar-refractivity contribution in [3.05, 3.63) is 11.7 Å². The van der Waals surface area contributed by atoms with E-state index in [-0.39, 0.29) is 12.0 Å². The lowest BCUT2D eigenvalue weighted by molar-refractivity contribution is -0.139. The number of hydrogen-bond donors (Lipinski definition) is 0. The topological polar surface area (TPSA) is 62.5 Å². The van der Waals surface area contributed by atoms with Crippen LogP contribution in [0.15, 0.2) is 4.52 Å². The highest BCUT2D eigenvalue weighted by molar-refractivity contribution is 5.79. The second kappa shape index (κ2) is 6.99. The molecule has 23 heavy (non-hydrogen) atoms. The van der Waals surface area contributed by atoms with E-state index in [2.05, 4.69) is 33.8 Å². The summed E-state index contributed by atoms with van der Waals surface area (Å²) < 4.78 is 5.31. The second-order valence-electron chi connectivity index (χ2n) is 7.20. The standard InChI is InChI=1S/C17H28N4O2/c1-12-6-9-20(10-7-12)17(22)15-5-4-8-21(11-15)13(2)16-18-14(3)19-23-16/h12-13,15H,4-11H2,1-3H3/t13-,15-/m0/s1. The van der Waals surface area contributed by atoms with Crippen molar-refractivity contribution < 1.29 is 9.32 Å². The molecule has 3 rings (SSSR count). The van der Waals surface area contributed by atoms with Crippen LogP contribution in [0, 0.1) is 18.8 Å². The van der Waals surface area contributed by atoms with Gasteiger partial charge in [0.15, 0.2) is 5.82 Å². The van der Waals surface area contributed by atoms with E-state index in [0.29, 0.717) is 17.6 Å². The summed E-state index contributed by atoms with van der Waals surface area (Å²) in [6, 6.07) is 0.0770. The quantitative estimate of drug-likeness (QED) is 0.856. The zero-order valence-electron chi connectivity index (χ0n) is 14.5. The van der Waals surface area contributed by atoms with Crippen LogP contribution in [-0.2, 0) is 4.79 Å². The van der Waals surface area contributed by atoms with E-state index in [4.69, 9.17) is 4.52 Å². The van der Waals surface area contributed by atoms with Crippen LogP contribution in [0.25, 0.3) is 0 Å². The summed E-state index contributed by atoms with van der Waals surface area (Å²) in [6.45, 7) is 9.83. The van der Waals surface area contributed by atoms with E-state index in [1.807, 2.05) is 6.92 Å². The van der Waals surface area contributed by atoms with E-state index in [0.717, 1.165) is 57.8 Å². The van der Waals surface area contributed by atoms with Gasteiger partial charge in [-0.25, -0.2) is 0 Å². The van der Waals surface area contributed by atoms with Crippen LogP contribution in [-0.4, -0.2) is 52.0 Å². The molecule has 3 heterocycles. The summed E-state index contributed by atoms with van der Waals surface area (Å²) >= 11 is 0. The normalized spacial score (nSPS) is 25.5. The molecule has 6 nitrogen and oxygen atoms in total. The van der Waals surface area contributed by atoms with E-state index in [9.17, 15) is 4.79 Å². The van der Waals surface area contributed by atoms with Crippen molar-refractivity contribution in [2.24, 2.45) is 11.8 Å². The van der Waals surface area contributed by atoms with Gasteiger partial charge in [-0.2, -0.15) is 4.98 Å². The lowest BCUT2D eigenvalue weighted by atomic mass is 9.93. The molecule has 2 saturated heterocycles. The fourth-order valence-corrected chi connectivity index (χ4v) is 3.69. The average Bonchev–Trinajstić information content (AvgIpc) is 3.01. The Labute approximate surface area is 138 Å². The number of nitrogens with zero attached hydrogens (tertiary/aromatic N) is 4. The maximum Gasteiger partial charge on any atom is 0.243 e. The predicted octanol–water partition coefficient (Wildman–Crippen LogP) is 2.41. The maximum absolute atomic E-state index is 12.8. The highest BCUT2D eigenvalue weighted by atomic mass is 16.5. The fraction of sp³-hybridized carbons (Fsp3) is 0.824. The van der Waals surface area contributed by atoms with Gasteiger partial charge in [0.25, 0.3) is 0 Å². The molecular weight excluding hydrogens is 292 g/mol. The monoisotopic (exact) mass is 320 g/mol. The van der Waals surface area contributed by atoms with Gasteiger partial charge in [-0.05, 0) is 52.0 Å². The summed E-state index contributed by atoms with van der Waals surface area (Å²) in [5.41, 5.74) is 0. The van der Waals surface area contributed by atoms with Crippen molar-refractivity contribution in [3.8, 4) is 0 Å². The molecule has 0 spiro atoms. The molecule has 0 saturated carbocycles. The number of aromatic nitrogens is 2. The summed E-state index contributed by atoms with van der Waals surface area (Å²) in [5.74, 6) is 2.53. The molecule has 1 amide bonds. The van der Waals surface area contributed by atoms with Gasteiger partial charge >= 0.3 is 0 Å². The molecule has 2 aliphatic heterocycles. The van der Waals surface area contributed by atoms with Crippen LogP contribution >= 0.6 is 0 Å². The zero-order chi connectivity index (χ0) is 16.4. The Morgan fingerprint density at radius 3 is 2.65 bits per heavy atom. The molecule has 0 aromatic carbocycles. The number of rotatable bonds is 3. The summed E-state index contributed by atoms with van der Waals surface area (Å²) in [5, 5.41) is 3.88. The minimum absolute atomic E-state index is 0.0770. The molecular formula is C17H28N4O2. The van der Waals surface area contributed by atoms with Gasteiger partial charge < -0.3 is 9.42 Å². The molecule has 0 N–H and O–H groups in total. The minimum Gasteiger partial charge on any atom is -0.342 e.